The molecule has 20 heavy (non-hydrogen) atoms. The molecule has 0 spiro atoms. The Morgan fingerprint density at radius 1 is 1.35 bits per heavy atom. The molecule has 7 heteroatoms. The molecule has 1 rings (SSSR count). The molecule has 110 valence electrons. The number of hydrogen-bond donors (Lipinski definition) is 2. The largest absolute Gasteiger partial charge is 0.493 e. The Balaban J connectivity index is 3.05. The Hall–Kier alpha value is -1.95. The minimum Gasteiger partial charge on any atom is -0.493 e. The van der Waals surface area contributed by atoms with E-state index in [1.807, 2.05) is 0 Å². The number of rotatable bonds is 6. The minimum absolute atomic E-state index is 0.201. The zero-order chi connectivity index (χ0) is 15.3. The summed E-state index contributed by atoms with van der Waals surface area (Å²) in [6, 6.07) is 1.89. The molecule has 1 aromatic carbocycles. The van der Waals surface area contributed by atoms with E-state index in [1.165, 1.54) is 26.4 Å². The van der Waals surface area contributed by atoms with E-state index in [0.29, 0.717) is 11.5 Å². The summed E-state index contributed by atoms with van der Waals surface area (Å²) < 4.78 is 10.1. The second-order valence-corrected chi connectivity index (χ2v) is 4.37. The monoisotopic (exact) mass is 301 g/mol. The first-order chi connectivity index (χ1) is 9.44. The molecule has 0 bridgehead atoms. The fourth-order valence-electron chi connectivity index (χ4n) is 1.63. The molecule has 1 amide bonds. The lowest BCUT2D eigenvalue weighted by molar-refractivity contribution is -0.139. The van der Waals surface area contributed by atoms with Crippen LogP contribution in [0.3, 0.4) is 0 Å². The number of methoxy groups -OCH3 is 2. The van der Waals surface area contributed by atoms with Gasteiger partial charge >= 0.3 is 5.97 Å². The smallest absolute Gasteiger partial charge is 0.326 e. The van der Waals surface area contributed by atoms with Crippen LogP contribution in [0.2, 0.25) is 5.02 Å². The summed E-state index contributed by atoms with van der Waals surface area (Å²) in [5.41, 5.74) is 0.201. The van der Waals surface area contributed by atoms with E-state index in [1.54, 1.807) is 6.92 Å². The van der Waals surface area contributed by atoms with Gasteiger partial charge in [0.05, 0.1) is 19.2 Å². The Morgan fingerprint density at radius 3 is 2.45 bits per heavy atom. The van der Waals surface area contributed by atoms with Crippen LogP contribution in [0, 0.1) is 0 Å². The highest BCUT2D eigenvalue weighted by Gasteiger charge is 2.20. The number of aliphatic carboxylic acids is 1. The number of nitrogens with one attached hydrogen (secondary N) is 1. The van der Waals surface area contributed by atoms with Crippen molar-refractivity contribution in [3.8, 4) is 11.5 Å². The fourth-order valence-corrected chi connectivity index (χ4v) is 1.92. The van der Waals surface area contributed by atoms with Gasteiger partial charge in [-0.2, -0.15) is 0 Å². The molecule has 0 saturated carbocycles. The SMILES string of the molecule is CC[C@H](NC(=O)c1cc(Cl)c(OC)c(OC)c1)C(=O)O. The number of ether oxygens (including phenoxy) is 2. The summed E-state index contributed by atoms with van der Waals surface area (Å²) in [4.78, 5) is 22.9. The average Bonchev–Trinajstić information content (AvgIpc) is 2.42. The summed E-state index contributed by atoms with van der Waals surface area (Å²) in [6.45, 7) is 1.67. The van der Waals surface area contributed by atoms with Crippen molar-refractivity contribution in [1.82, 2.24) is 5.32 Å². The molecule has 0 aliphatic carbocycles. The first kappa shape index (κ1) is 16.1. The van der Waals surface area contributed by atoms with Crippen molar-refractivity contribution in [3.05, 3.63) is 22.7 Å². The van der Waals surface area contributed by atoms with Crippen LogP contribution in [-0.4, -0.2) is 37.2 Å². The van der Waals surface area contributed by atoms with E-state index in [0.717, 1.165) is 0 Å². The summed E-state index contributed by atoms with van der Waals surface area (Å²) in [5.74, 6) is -1.01. The van der Waals surface area contributed by atoms with Gasteiger partial charge in [-0.05, 0) is 18.6 Å². The topological polar surface area (TPSA) is 84.9 Å². The zero-order valence-corrected chi connectivity index (χ0v) is 12.2. The summed E-state index contributed by atoms with van der Waals surface area (Å²) in [7, 11) is 2.85. The molecule has 0 radical (unpaired) electrons. The van der Waals surface area contributed by atoms with Crippen molar-refractivity contribution < 1.29 is 24.2 Å². The molecular formula is C13H16ClNO5. The maximum atomic E-state index is 12.0. The highest BCUT2D eigenvalue weighted by Crippen LogP contribution is 2.35. The maximum absolute atomic E-state index is 12.0. The van der Waals surface area contributed by atoms with Crippen molar-refractivity contribution in [2.75, 3.05) is 14.2 Å². The minimum atomic E-state index is -1.09. The number of hydrogen-bond acceptors (Lipinski definition) is 4. The third-order valence-electron chi connectivity index (χ3n) is 2.71. The summed E-state index contributed by atoms with van der Waals surface area (Å²) in [5, 5.41) is 11.5. The Kier molecular flexibility index (Phi) is 5.64. The number of carboxylic acids is 1. The summed E-state index contributed by atoms with van der Waals surface area (Å²) >= 11 is 5.99. The van der Waals surface area contributed by atoms with Gasteiger partial charge in [0.2, 0.25) is 0 Å². The molecule has 2 N–H and O–H groups in total. The zero-order valence-electron chi connectivity index (χ0n) is 11.4. The van der Waals surface area contributed by atoms with Crippen LogP contribution in [0.25, 0.3) is 0 Å². The normalized spacial score (nSPS) is 11.6. The van der Waals surface area contributed by atoms with Gasteiger partial charge in [0.15, 0.2) is 11.5 Å². The molecule has 0 heterocycles. The molecule has 0 unspecified atom stereocenters. The van der Waals surface area contributed by atoms with Gasteiger partial charge < -0.3 is 19.9 Å². The average molecular weight is 302 g/mol. The predicted octanol–water partition coefficient (Wildman–Crippen LogP) is 1.95. The highest BCUT2D eigenvalue weighted by molar-refractivity contribution is 6.32. The van der Waals surface area contributed by atoms with Crippen LogP contribution in [-0.2, 0) is 4.79 Å². The second-order valence-electron chi connectivity index (χ2n) is 3.97. The highest BCUT2D eigenvalue weighted by atomic mass is 35.5. The second kappa shape index (κ2) is 7.00. The molecule has 0 saturated heterocycles. The lowest BCUT2D eigenvalue weighted by atomic mass is 10.1. The van der Waals surface area contributed by atoms with E-state index in [2.05, 4.69) is 5.32 Å². The summed E-state index contributed by atoms with van der Waals surface area (Å²) in [6.07, 6.45) is 0.280. The number of halogens is 1. The molecule has 0 fully saturated rings. The third kappa shape index (κ3) is 3.54. The van der Waals surface area contributed by atoms with Gasteiger partial charge in [0.25, 0.3) is 5.91 Å². The molecule has 0 aliphatic heterocycles. The Bertz CT molecular complexity index is 518. The van der Waals surface area contributed by atoms with Gasteiger partial charge in [-0.1, -0.05) is 18.5 Å². The first-order valence-electron chi connectivity index (χ1n) is 5.89. The fraction of sp³-hybridized carbons (Fsp3) is 0.385. The molecule has 6 nitrogen and oxygen atoms in total. The number of carbonyl (C=O) groups is 2. The van der Waals surface area contributed by atoms with E-state index in [-0.39, 0.29) is 17.0 Å². The maximum Gasteiger partial charge on any atom is 0.326 e. The van der Waals surface area contributed by atoms with Crippen molar-refractivity contribution in [3.63, 3.8) is 0 Å². The van der Waals surface area contributed by atoms with Crippen LogP contribution in [0.5, 0.6) is 11.5 Å². The van der Waals surface area contributed by atoms with Crippen LogP contribution < -0.4 is 14.8 Å². The van der Waals surface area contributed by atoms with Crippen molar-refractivity contribution >= 4 is 23.5 Å². The van der Waals surface area contributed by atoms with Crippen molar-refractivity contribution in [1.29, 1.82) is 0 Å². The quantitative estimate of drug-likeness (QED) is 0.839. The van der Waals surface area contributed by atoms with Gasteiger partial charge in [-0.3, -0.25) is 4.79 Å². The van der Waals surface area contributed by atoms with Gasteiger partial charge in [-0.15, -0.1) is 0 Å². The van der Waals surface area contributed by atoms with Gasteiger partial charge in [-0.25, -0.2) is 4.79 Å². The van der Waals surface area contributed by atoms with E-state index >= 15 is 0 Å². The Morgan fingerprint density at radius 2 is 2.00 bits per heavy atom. The first-order valence-corrected chi connectivity index (χ1v) is 6.27. The van der Waals surface area contributed by atoms with Crippen molar-refractivity contribution in [2.24, 2.45) is 0 Å². The number of amides is 1. The predicted molar refractivity (Wildman–Crippen MR) is 73.7 cm³/mol. The van der Waals surface area contributed by atoms with E-state index < -0.39 is 17.9 Å². The number of carboxylic acid groups (broad SMARTS) is 1. The van der Waals surface area contributed by atoms with Crippen LogP contribution in [0.4, 0.5) is 0 Å². The lowest BCUT2D eigenvalue weighted by Gasteiger charge is -2.14. The van der Waals surface area contributed by atoms with Crippen LogP contribution >= 0.6 is 11.6 Å². The van der Waals surface area contributed by atoms with E-state index in [4.69, 9.17) is 26.2 Å². The lowest BCUT2D eigenvalue weighted by Crippen LogP contribution is -2.40. The van der Waals surface area contributed by atoms with Crippen LogP contribution in [0.15, 0.2) is 12.1 Å². The third-order valence-corrected chi connectivity index (χ3v) is 2.99. The van der Waals surface area contributed by atoms with Gasteiger partial charge in [0, 0.05) is 5.56 Å². The number of benzene rings is 1. The molecule has 1 aromatic rings. The molecule has 0 aromatic heterocycles. The molecule has 0 aliphatic rings. The Labute approximate surface area is 121 Å². The molecular weight excluding hydrogens is 286 g/mol. The van der Waals surface area contributed by atoms with Crippen molar-refractivity contribution in [2.45, 2.75) is 19.4 Å². The molecule has 1 atom stereocenters. The van der Waals surface area contributed by atoms with E-state index in [9.17, 15) is 9.59 Å². The standard InChI is InChI=1S/C13H16ClNO5/c1-4-9(13(17)18)15-12(16)7-5-8(14)11(20-3)10(6-7)19-2/h5-6,9H,4H2,1-3H3,(H,15,16)(H,17,18)/t9-/m0/s1. The van der Waals surface area contributed by atoms with Crippen LogP contribution in [0.1, 0.15) is 23.7 Å². The van der Waals surface area contributed by atoms with Gasteiger partial charge in [0.1, 0.15) is 6.04 Å². The number of carbonyl (C=O) groups excluding carboxylic acids is 1.